The molecule has 1 fully saturated rings. The van der Waals surface area contributed by atoms with E-state index in [2.05, 4.69) is 34.3 Å². The summed E-state index contributed by atoms with van der Waals surface area (Å²) in [5, 5.41) is 3.31. The van der Waals surface area contributed by atoms with Crippen LogP contribution in [0.4, 0.5) is 5.82 Å². The van der Waals surface area contributed by atoms with Gasteiger partial charge in [-0.15, -0.1) is 0 Å². The molecule has 0 aromatic carbocycles. The molecular formula is C11H17N3. The summed E-state index contributed by atoms with van der Waals surface area (Å²) in [6.07, 6.45) is 3.15. The number of pyridine rings is 1. The summed E-state index contributed by atoms with van der Waals surface area (Å²) in [4.78, 5) is 6.76. The van der Waals surface area contributed by atoms with E-state index in [1.165, 1.54) is 12.0 Å². The first-order valence-corrected chi connectivity index (χ1v) is 5.14. The molecule has 0 aliphatic carbocycles. The fourth-order valence-corrected chi connectivity index (χ4v) is 1.85. The Morgan fingerprint density at radius 1 is 1.50 bits per heavy atom. The molecule has 2 rings (SSSR count). The predicted molar refractivity (Wildman–Crippen MR) is 58.7 cm³/mol. The van der Waals surface area contributed by atoms with Crippen molar-refractivity contribution in [2.24, 2.45) is 0 Å². The highest BCUT2D eigenvalue weighted by molar-refractivity contribution is 5.40. The summed E-state index contributed by atoms with van der Waals surface area (Å²) < 4.78 is 0. The number of aromatic nitrogens is 1. The normalized spacial score (nSPS) is 21.6. The average Bonchev–Trinajstić information content (AvgIpc) is 2.67. The van der Waals surface area contributed by atoms with Crippen molar-refractivity contribution in [2.45, 2.75) is 19.4 Å². The number of aryl methyl sites for hydroxylation is 1. The lowest BCUT2D eigenvalue weighted by Gasteiger charge is -2.17. The summed E-state index contributed by atoms with van der Waals surface area (Å²) in [6.45, 7) is 4.26. The second-order valence-corrected chi connectivity index (χ2v) is 3.91. The Labute approximate surface area is 85.1 Å². The quantitative estimate of drug-likeness (QED) is 0.761. The zero-order valence-corrected chi connectivity index (χ0v) is 8.83. The predicted octanol–water partition coefficient (Wildman–Crippen LogP) is 1.19. The minimum Gasteiger partial charge on any atom is -0.355 e. The molecule has 0 saturated carbocycles. The fourth-order valence-electron chi connectivity index (χ4n) is 1.85. The maximum atomic E-state index is 4.43. The summed E-state index contributed by atoms with van der Waals surface area (Å²) in [5.41, 5.74) is 1.22. The lowest BCUT2D eigenvalue weighted by molar-refractivity contribution is 0.616. The molecule has 1 aliphatic rings. The van der Waals surface area contributed by atoms with Crippen molar-refractivity contribution in [1.29, 1.82) is 0 Å². The Morgan fingerprint density at radius 3 is 2.93 bits per heavy atom. The van der Waals surface area contributed by atoms with E-state index in [1.807, 2.05) is 13.2 Å². The molecule has 1 atom stereocenters. The third kappa shape index (κ3) is 1.87. The Kier molecular flexibility index (Phi) is 2.68. The fraction of sp³-hybridized carbons (Fsp3) is 0.545. The molecule has 76 valence electrons. The van der Waals surface area contributed by atoms with Crippen LogP contribution in [0, 0.1) is 6.92 Å². The Morgan fingerprint density at radius 2 is 2.36 bits per heavy atom. The van der Waals surface area contributed by atoms with Crippen molar-refractivity contribution in [3.05, 3.63) is 23.9 Å². The molecule has 1 aromatic heterocycles. The van der Waals surface area contributed by atoms with Gasteiger partial charge in [0.05, 0.1) is 0 Å². The first-order valence-electron chi connectivity index (χ1n) is 5.14. The van der Waals surface area contributed by atoms with E-state index in [0.717, 1.165) is 18.9 Å². The van der Waals surface area contributed by atoms with E-state index in [0.29, 0.717) is 6.04 Å². The molecule has 0 unspecified atom stereocenters. The standard InChI is InChI=1S/C11H17N3/c1-9-3-4-11(13-7-9)14-6-5-10(8-14)12-2/h3-4,7,10,12H,5-6,8H2,1-2H3/t10-/m1/s1. The molecule has 0 bridgehead atoms. The van der Waals surface area contributed by atoms with Gasteiger partial charge < -0.3 is 10.2 Å². The molecule has 1 aromatic rings. The van der Waals surface area contributed by atoms with Crippen molar-refractivity contribution in [1.82, 2.24) is 10.3 Å². The number of hydrogen-bond donors (Lipinski definition) is 1. The Bertz CT molecular complexity index is 294. The van der Waals surface area contributed by atoms with Crippen molar-refractivity contribution >= 4 is 5.82 Å². The van der Waals surface area contributed by atoms with Crippen molar-refractivity contribution in [3.63, 3.8) is 0 Å². The van der Waals surface area contributed by atoms with Crippen molar-refractivity contribution in [3.8, 4) is 0 Å². The van der Waals surface area contributed by atoms with Gasteiger partial charge in [0.2, 0.25) is 0 Å². The molecule has 1 aliphatic heterocycles. The van der Waals surface area contributed by atoms with Crippen LogP contribution in [0.15, 0.2) is 18.3 Å². The zero-order chi connectivity index (χ0) is 9.97. The SMILES string of the molecule is CN[C@@H]1CCN(c2ccc(C)cn2)C1. The van der Waals surface area contributed by atoms with Crippen LogP contribution in [0.3, 0.4) is 0 Å². The van der Waals surface area contributed by atoms with Gasteiger partial charge in [0, 0.05) is 25.3 Å². The largest absolute Gasteiger partial charge is 0.355 e. The molecule has 1 N–H and O–H groups in total. The number of rotatable bonds is 2. The third-order valence-electron chi connectivity index (χ3n) is 2.82. The number of nitrogens with one attached hydrogen (secondary N) is 1. The highest BCUT2D eigenvalue weighted by Gasteiger charge is 2.21. The van der Waals surface area contributed by atoms with Gasteiger partial charge in [-0.2, -0.15) is 0 Å². The van der Waals surface area contributed by atoms with Crippen LogP contribution >= 0.6 is 0 Å². The molecular weight excluding hydrogens is 174 g/mol. The molecule has 14 heavy (non-hydrogen) atoms. The van der Waals surface area contributed by atoms with Gasteiger partial charge in [-0.3, -0.25) is 0 Å². The number of hydrogen-bond acceptors (Lipinski definition) is 3. The van der Waals surface area contributed by atoms with Gasteiger partial charge in [-0.25, -0.2) is 4.98 Å². The monoisotopic (exact) mass is 191 g/mol. The molecule has 1 saturated heterocycles. The van der Waals surface area contributed by atoms with Crippen LogP contribution in [0.2, 0.25) is 0 Å². The molecule has 0 amide bonds. The van der Waals surface area contributed by atoms with Crippen LogP contribution in [0.5, 0.6) is 0 Å². The number of anilines is 1. The Hall–Kier alpha value is -1.09. The highest BCUT2D eigenvalue weighted by Crippen LogP contribution is 2.17. The summed E-state index contributed by atoms with van der Waals surface area (Å²) in [6, 6.07) is 4.85. The maximum absolute atomic E-state index is 4.43. The highest BCUT2D eigenvalue weighted by atomic mass is 15.2. The van der Waals surface area contributed by atoms with Crippen LogP contribution in [0.25, 0.3) is 0 Å². The second kappa shape index (κ2) is 3.96. The van der Waals surface area contributed by atoms with Gasteiger partial charge in [-0.1, -0.05) is 6.07 Å². The van der Waals surface area contributed by atoms with E-state index in [9.17, 15) is 0 Å². The summed E-state index contributed by atoms with van der Waals surface area (Å²) >= 11 is 0. The smallest absolute Gasteiger partial charge is 0.128 e. The van der Waals surface area contributed by atoms with E-state index in [1.54, 1.807) is 0 Å². The van der Waals surface area contributed by atoms with Gasteiger partial charge in [0.25, 0.3) is 0 Å². The van der Waals surface area contributed by atoms with Crippen LogP contribution in [0.1, 0.15) is 12.0 Å². The molecule has 0 spiro atoms. The first-order chi connectivity index (χ1) is 6.79. The summed E-state index contributed by atoms with van der Waals surface area (Å²) in [7, 11) is 2.02. The van der Waals surface area contributed by atoms with Crippen LogP contribution in [-0.2, 0) is 0 Å². The Balaban J connectivity index is 2.06. The molecule has 3 nitrogen and oxygen atoms in total. The molecule has 2 heterocycles. The van der Waals surface area contributed by atoms with Gasteiger partial charge in [-0.05, 0) is 32.0 Å². The van der Waals surface area contributed by atoms with Gasteiger partial charge in [0.1, 0.15) is 5.82 Å². The van der Waals surface area contributed by atoms with E-state index < -0.39 is 0 Å². The lowest BCUT2D eigenvalue weighted by Crippen LogP contribution is -2.29. The molecule has 3 heteroatoms. The van der Waals surface area contributed by atoms with E-state index in [4.69, 9.17) is 0 Å². The first kappa shape index (κ1) is 9.46. The second-order valence-electron chi connectivity index (χ2n) is 3.91. The zero-order valence-electron chi connectivity index (χ0n) is 8.83. The summed E-state index contributed by atoms with van der Waals surface area (Å²) in [5.74, 6) is 1.10. The minimum absolute atomic E-state index is 0.623. The third-order valence-corrected chi connectivity index (χ3v) is 2.82. The maximum Gasteiger partial charge on any atom is 0.128 e. The van der Waals surface area contributed by atoms with E-state index >= 15 is 0 Å². The minimum atomic E-state index is 0.623. The van der Waals surface area contributed by atoms with Crippen LogP contribution < -0.4 is 10.2 Å². The van der Waals surface area contributed by atoms with Gasteiger partial charge in [0.15, 0.2) is 0 Å². The molecule has 0 radical (unpaired) electrons. The average molecular weight is 191 g/mol. The number of likely N-dealkylation sites (N-methyl/N-ethyl adjacent to an activating group) is 1. The lowest BCUT2D eigenvalue weighted by atomic mass is 10.3. The van der Waals surface area contributed by atoms with Crippen molar-refractivity contribution in [2.75, 3.05) is 25.0 Å². The number of nitrogens with zero attached hydrogens (tertiary/aromatic N) is 2. The van der Waals surface area contributed by atoms with E-state index in [-0.39, 0.29) is 0 Å². The van der Waals surface area contributed by atoms with Crippen molar-refractivity contribution < 1.29 is 0 Å². The topological polar surface area (TPSA) is 28.2 Å². The van der Waals surface area contributed by atoms with Crippen LogP contribution in [-0.4, -0.2) is 31.2 Å². The van der Waals surface area contributed by atoms with Gasteiger partial charge >= 0.3 is 0 Å².